The molecule has 1 aliphatic rings. The zero-order valence-electron chi connectivity index (χ0n) is 19.2. The predicted molar refractivity (Wildman–Crippen MR) is 123 cm³/mol. The SMILES string of the molecule is CCCCCC(=O)NC(CNC(=O)CN1C(=O)NC(C)(c2ccc(C=NN)cc2)C1=O)C(=O)O. The summed E-state index contributed by atoms with van der Waals surface area (Å²) in [6.45, 7) is 2.51. The van der Waals surface area contributed by atoms with Crippen molar-refractivity contribution in [2.24, 2.45) is 10.9 Å². The standard InChI is InChI=1S/C22H30N6O6/c1-3-4-5-6-17(29)26-16(19(31)32)12-24-18(30)13-28-20(33)22(2,27-21(28)34)15-9-7-14(8-10-15)11-25-23/h7-11,16H,3-6,12-13,23H2,1-2H3,(H,24,30)(H,26,29)(H,27,34)(H,31,32). The lowest BCUT2D eigenvalue weighted by Crippen LogP contribution is -2.50. The van der Waals surface area contributed by atoms with E-state index in [0.717, 1.165) is 17.7 Å². The molecule has 34 heavy (non-hydrogen) atoms. The average molecular weight is 475 g/mol. The van der Waals surface area contributed by atoms with Crippen molar-refractivity contribution in [2.75, 3.05) is 13.1 Å². The highest BCUT2D eigenvalue weighted by molar-refractivity contribution is 6.09. The molecule has 0 bridgehead atoms. The number of hydrogen-bond donors (Lipinski definition) is 5. The van der Waals surface area contributed by atoms with Crippen LogP contribution in [0.15, 0.2) is 29.4 Å². The van der Waals surface area contributed by atoms with Gasteiger partial charge in [-0.25, -0.2) is 9.59 Å². The summed E-state index contributed by atoms with van der Waals surface area (Å²) >= 11 is 0. The van der Waals surface area contributed by atoms with E-state index in [1.807, 2.05) is 6.92 Å². The minimum absolute atomic E-state index is 0.187. The van der Waals surface area contributed by atoms with Crippen molar-refractivity contribution in [3.8, 4) is 0 Å². The lowest BCUT2D eigenvalue weighted by molar-refractivity contribution is -0.142. The highest BCUT2D eigenvalue weighted by Gasteiger charge is 2.49. The van der Waals surface area contributed by atoms with E-state index in [-0.39, 0.29) is 6.42 Å². The van der Waals surface area contributed by atoms with Crippen LogP contribution in [0.2, 0.25) is 0 Å². The summed E-state index contributed by atoms with van der Waals surface area (Å²) in [6.07, 6.45) is 4.01. The summed E-state index contributed by atoms with van der Waals surface area (Å²) in [5.74, 6) is 2.01. The first-order chi connectivity index (χ1) is 16.1. The highest BCUT2D eigenvalue weighted by atomic mass is 16.4. The van der Waals surface area contributed by atoms with Gasteiger partial charge in [0.05, 0.1) is 6.21 Å². The van der Waals surface area contributed by atoms with Gasteiger partial charge in [0.2, 0.25) is 11.8 Å². The van der Waals surface area contributed by atoms with Crippen LogP contribution in [0.25, 0.3) is 0 Å². The number of carboxylic acids is 1. The van der Waals surface area contributed by atoms with Crippen molar-refractivity contribution in [3.63, 3.8) is 0 Å². The minimum Gasteiger partial charge on any atom is -0.480 e. The number of aliphatic carboxylic acids is 1. The summed E-state index contributed by atoms with van der Waals surface area (Å²) in [6, 6.07) is 4.54. The molecule has 1 heterocycles. The van der Waals surface area contributed by atoms with Gasteiger partial charge in [0.1, 0.15) is 18.1 Å². The summed E-state index contributed by atoms with van der Waals surface area (Å²) in [7, 11) is 0. The Hall–Kier alpha value is -3.96. The van der Waals surface area contributed by atoms with Gasteiger partial charge in [-0.1, -0.05) is 44.0 Å². The fourth-order valence-electron chi connectivity index (χ4n) is 3.44. The first-order valence-electron chi connectivity index (χ1n) is 10.9. The number of nitrogens with zero attached hydrogens (tertiary/aromatic N) is 2. The number of carbonyl (C=O) groups excluding carboxylic acids is 4. The molecular formula is C22H30N6O6. The molecule has 6 N–H and O–H groups in total. The number of nitrogens with two attached hydrogens (primary N) is 1. The zero-order chi connectivity index (χ0) is 25.3. The van der Waals surface area contributed by atoms with Crippen LogP contribution < -0.4 is 21.8 Å². The van der Waals surface area contributed by atoms with Crippen LogP contribution >= 0.6 is 0 Å². The number of rotatable bonds is 12. The first-order valence-corrected chi connectivity index (χ1v) is 10.9. The molecule has 1 fully saturated rings. The third-order valence-corrected chi connectivity index (χ3v) is 5.43. The molecule has 12 nitrogen and oxygen atoms in total. The average Bonchev–Trinajstić information content (AvgIpc) is 3.01. The van der Waals surface area contributed by atoms with Crippen molar-refractivity contribution >= 4 is 35.9 Å². The Labute approximate surface area is 196 Å². The molecule has 1 aliphatic heterocycles. The van der Waals surface area contributed by atoms with Gasteiger partial charge in [-0.05, 0) is 24.5 Å². The Bertz CT molecular complexity index is 963. The fourth-order valence-corrected chi connectivity index (χ4v) is 3.44. The molecule has 5 amide bonds. The minimum atomic E-state index is -1.38. The van der Waals surface area contributed by atoms with Gasteiger partial charge in [0.15, 0.2) is 0 Å². The van der Waals surface area contributed by atoms with Crippen LogP contribution in [0.5, 0.6) is 0 Å². The van der Waals surface area contributed by atoms with Crippen molar-refractivity contribution in [2.45, 2.75) is 51.1 Å². The number of hydrogen-bond acceptors (Lipinski definition) is 7. The summed E-state index contributed by atoms with van der Waals surface area (Å²) < 4.78 is 0. The van der Waals surface area contributed by atoms with Gasteiger partial charge in [0.25, 0.3) is 5.91 Å². The number of amides is 5. The Morgan fingerprint density at radius 1 is 1.21 bits per heavy atom. The largest absolute Gasteiger partial charge is 0.480 e. The molecule has 2 atom stereocenters. The molecule has 0 spiro atoms. The van der Waals surface area contributed by atoms with E-state index in [2.05, 4.69) is 21.1 Å². The van der Waals surface area contributed by atoms with E-state index in [4.69, 9.17) is 5.84 Å². The number of imide groups is 1. The number of carboxylic acid groups (broad SMARTS) is 1. The molecule has 0 aromatic heterocycles. The molecule has 0 aliphatic carbocycles. The van der Waals surface area contributed by atoms with Crippen LogP contribution in [0.1, 0.15) is 50.7 Å². The molecule has 1 aromatic carbocycles. The van der Waals surface area contributed by atoms with Gasteiger partial charge < -0.3 is 26.9 Å². The quantitative estimate of drug-likeness (QED) is 0.0929. The summed E-state index contributed by atoms with van der Waals surface area (Å²) in [5, 5.41) is 20.0. The van der Waals surface area contributed by atoms with E-state index < -0.39 is 54.4 Å². The van der Waals surface area contributed by atoms with E-state index in [9.17, 15) is 29.1 Å². The monoisotopic (exact) mass is 474 g/mol. The maximum atomic E-state index is 13.0. The molecule has 0 saturated carbocycles. The molecule has 2 rings (SSSR count). The highest BCUT2D eigenvalue weighted by Crippen LogP contribution is 2.28. The van der Waals surface area contributed by atoms with Crippen molar-refractivity contribution in [3.05, 3.63) is 35.4 Å². The third kappa shape index (κ3) is 6.53. The van der Waals surface area contributed by atoms with Gasteiger partial charge in [-0.2, -0.15) is 5.10 Å². The van der Waals surface area contributed by atoms with Crippen molar-refractivity contribution in [1.82, 2.24) is 20.9 Å². The van der Waals surface area contributed by atoms with Crippen LogP contribution in [-0.2, 0) is 24.7 Å². The second-order valence-electron chi connectivity index (χ2n) is 8.07. The Morgan fingerprint density at radius 3 is 2.47 bits per heavy atom. The maximum Gasteiger partial charge on any atom is 0.328 e. The van der Waals surface area contributed by atoms with Gasteiger partial charge in [-0.3, -0.25) is 19.3 Å². The number of benzene rings is 1. The Balaban J connectivity index is 1.97. The number of urea groups is 1. The van der Waals surface area contributed by atoms with E-state index >= 15 is 0 Å². The van der Waals surface area contributed by atoms with Gasteiger partial charge >= 0.3 is 12.0 Å². The first kappa shape index (κ1) is 26.3. The predicted octanol–water partition coefficient (Wildman–Crippen LogP) is 0.0121. The Kier molecular flexibility index (Phi) is 9.10. The molecule has 2 unspecified atom stereocenters. The van der Waals surface area contributed by atoms with E-state index in [1.54, 1.807) is 24.3 Å². The fraction of sp³-hybridized carbons (Fsp3) is 0.455. The van der Waals surface area contributed by atoms with E-state index in [0.29, 0.717) is 17.5 Å². The lowest BCUT2D eigenvalue weighted by Gasteiger charge is -2.22. The number of nitrogens with one attached hydrogen (secondary N) is 3. The lowest BCUT2D eigenvalue weighted by atomic mass is 9.91. The second-order valence-corrected chi connectivity index (χ2v) is 8.07. The molecule has 12 heteroatoms. The van der Waals surface area contributed by atoms with Gasteiger partial charge in [-0.15, -0.1) is 0 Å². The number of carbonyl (C=O) groups is 5. The third-order valence-electron chi connectivity index (χ3n) is 5.43. The molecule has 1 saturated heterocycles. The maximum absolute atomic E-state index is 13.0. The molecule has 1 aromatic rings. The van der Waals surface area contributed by atoms with Crippen LogP contribution in [0.3, 0.4) is 0 Å². The number of hydrazone groups is 1. The van der Waals surface area contributed by atoms with E-state index in [1.165, 1.54) is 13.1 Å². The molecular weight excluding hydrogens is 444 g/mol. The van der Waals surface area contributed by atoms with Crippen LogP contribution in [-0.4, -0.2) is 65.1 Å². The summed E-state index contributed by atoms with van der Waals surface area (Å²) in [4.78, 5) is 61.8. The molecule has 184 valence electrons. The second kappa shape index (κ2) is 11.8. The summed E-state index contributed by atoms with van der Waals surface area (Å²) in [5.41, 5.74) is -0.181. The topological polar surface area (TPSA) is 183 Å². The van der Waals surface area contributed by atoms with Crippen LogP contribution in [0, 0.1) is 0 Å². The smallest absolute Gasteiger partial charge is 0.328 e. The zero-order valence-corrected chi connectivity index (χ0v) is 19.2. The van der Waals surface area contributed by atoms with Crippen molar-refractivity contribution < 1.29 is 29.1 Å². The number of unbranched alkanes of at least 4 members (excludes halogenated alkanes) is 2. The van der Waals surface area contributed by atoms with Crippen molar-refractivity contribution in [1.29, 1.82) is 0 Å². The van der Waals surface area contributed by atoms with Gasteiger partial charge in [0, 0.05) is 13.0 Å². The van der Waals surface area contributed by atoms with Crippen LogP contribution in [0.4, 0.5) is 4.79 Å². The normalized spacial score (nSPS) is 18.6. The molecule has 0 radical (unpaired) electrons. The Morgan fingerprint density at radius 2 is 1.88 bits per heavy atom.